The van der Waals surface area contributed by atoms with E-state index in [2.05, 4.69) is 56.9 Å². The van der Waals surface area contributed by atoms with Crippen LogP contribution in [0, 0.1) is 11.8 Å². The predicted octanol–water partition coefficient (Wildman–Crippen LogP) is 4.47. The second kappa shape index (κ2) is 7.94. The molecule has 1 aromatic rings. The standard InChI is InChI=1S/C19H30OSeSi/c1-5-6-8-13-18(20)16-14-17(16)19(22(2,3)4)21-15-11-9-7-10-12-15/h7,9-12,16-17,19H,5-6,8,13-14H2,1-4H3/t16-,17-,19-/m1/s1. The molecule has 0 N–H and O–H groups in total. The van der Waals surface area contributed by atoms with Gasteiger partial charge in [0.2, 0.25) is 0 Å². The first-order chi connectivity index (χ1) is 10.4. The quantitative estimate of drug-likeness (QED) is 0.456. The van der Waals surface area contributed by atoms with Gasteiger partial charge in [0, 0.05) is 0 Å². The number of hydrogen-bond donors (Lipinski definition) is 0. The monoisotopic (exact) mass is 382 g/mol. The molecule has 122 valence electrons. The van der Waals surface area contributed by atoms with Crippen molar-refractivity contribution in [3.05, 3.63) is 30.3 Å². The molecule has 1 aliphatic rings. The third kappa shape index (κ3) is 5.08. The van der Waals surface area contributed by atoms with E-state index in [9.17, 15) is 4.79 Å². The molecule has 0 amide bonds. The number of rotatable bonds is 9. The van der Waals surface area contributed by atoms with Gasteiger partial charge in [0.15, 0.2) is 0 Å². The summed E-state index contributed by atoms with van der Waals surface area (Å²) in [4.78, 5) is 12.4. The second-order valence-electron chi connectivity index (χ2n) is 7.65. The summed E-state index contributed by atoms with van der Waals surface area (Å²) in [6.45, 7) is 9.66. The summed E-state index contributed by atoms with van der Waals surface area (Å²) in [5.41, 5.74) is 0. The Balaban J connectivity index is 1.96. The Labute approximate surface area is 143 Å². The van der Waals surface area contributed by atoms with E-state index in [1.54, 1.807) is 0 Å². The number of Topliss-reactive ketones (excluding diaryl/α,β-unsaturated/α-hetero) is 1. The molecule has 1 fully saturated rings. The van der Waals surface area contributed by atoms with Crippen molar-refractivity contribution in [2.45, 2.75) is 63.1 Å². The van der Waals surface area contributed by atoms with E-state index in [1.807, 2.05) is 0 Å². The van der Waals surface area contributed by atoms with Crippen molar-refractivity contribution in [3.8, 4) is 0 Å². The Kier molecular flexibility index (Phi) is 6.49. The molecule has 0 aliphatic heterocycles. The van der Waals surface area contributed by atoms with E-state index in [-0.39, 0.29) is 0 Å². The summed E-state index contributed by atoms with van der Waals surface area (Å²) >= 11 is 0.523. The summed E-state index contributed by atoms with van der Waals surface area (Å²) in [6.07, 6.45) is 5.50. The van der Waals surface area contributed by atoms with Gasteiger partial charge in [-0.2, -0.15) is 0 Å². The Morgan fingerprint density at radius 1 is 1.23 bits per heavy atom. The third-order valence-corrected chi connectivity index (χ3v) is 14.1. The van der Waals surface area contributed by atoms with Gasteiger partial charge < -0.3 is 0 Å². The van der Waals surface area contributed by atoms with E-state index in [1.165, 1.54) is 23.7 Å². The molecule has 0 bridgehead atoms. The zero-order chi connectivity index (χ0) is 16.2. The molecule has 0 spiro atoms. The number of carbonyl (C=O) groups is 1. The van der Waals surface area contributed by atoms with Crippen LogP contribution in [0.25, 0.3) is 0 Å². The van der Waals surface area contributed by atoms with Gasteiger partial charge in [0.05, 0.1) is 0 Å². The topological polar surface area (TPSA) is 17.1 Å². The van der Waals surface area contributed by atoms with Crippen molar-refractivity contribution in [3.63, 3.8) is 0 Å². The molecule has 1 saturated carbocycles. The molecule has 3 atom stereocenters. The first kappa shape index (κ1) is 18.0. The van der Waals surface area contributed by atoms with Crippen LogP contribution in [0.5, 0.6) is 0 Å². The van der Waals surface area contributed by atoms with Crippen molar-refractivity contribution in [2.75, 3.05) is 0 Å². The van der Waals surface area contributed by atoms with E-state index < -0.39 is 8.07 Å². The maximum atomic E-state index is 12.4. The van der Waals surface area contributed by atoms with Gasteiger partial charge in [-0.3, -0.25) is 0 Å². The summed E-state index contributed by atoms with van der Waals surface area (Å²) in [5.74, 6) is 1.66. The van der Waals surface area contributed by atoms with Gasteiger partial charge in [-0.25, -0.2) is 0 Å². The fourth-order valence-corrected chi connectivity index (χ4v) is 10.4. The molecule has 22 heavy (non-hydrogen) atoms. The van der Waals surface area contributed by atoms with Gasteiger partial charge in [-0.15, -0.1) is 0 Å². The average Bonchev–Trinajstić information content (AvgIpc) is 3.25. The van der Waals surface area contributed by atoms with Gasteiger partial charge in [0.1, 0.15) is 0 Å². The molecule has 0 aromatic heterocycles. The first-order valence-electron chi connectivity index (χ1n) is 8.68. The predicted molar refractivity (Wildman–Crippen MR) is 99.7 cm³/mol. The van der Waals surface area contributed by atoms with E-state index in [4.69, 9.17) is 0 Å². The Hall–Kier alpha value is -0.374. The average molecular weight is 381 g/mol. The van der Waals surface area contributed by atoms with Crippen LogP contribution in [0.2, 0.25) is 24.1 Å². The van der Waals surface area contributed by atoms with Crippen molar-refractivity contribution in [1.29, 1.82) is 0 Å². The number of benzene rings is 1. The van der Waals surface area contributed by atoms with Gasteiger partial charge in [-0.05, 0) is 0 Å². The Morgan fingerprint density at radius 2 is 1.91 bits per heavy atom. The van der Waals surface area contributed by atoms with E-state index in [0.29, 0.717) is 32.6 Å². The Morgan fingerprint density at radius 3 is 2.50 bits per heavy atom. The van der Waals surface area contributed by atoms with Crippen molar-refractivity contribution < 1.29 is 4.79 Å². The Bertz CT molecular complexity index is 480. The molecule has 2 rings (SSSR count). The zero-order valence-electron chi connectivity index (χ0n) is 14.5. The van der Waals surface area contributed by atoms with Gasteiger partial charge in [-0.1, -0.05) is 0 Å². The molecular weight excluding hydrogens is 351 g/mol. The van der Waals surface area contributed by atoms with Crippen LogP contribution in [-0.4, -0.2) is 28.8 Å². The van der Waals surface area contributed by atoms with E-state index >= 15 is 0 Å². The fourth-order valence-electron chi connectivity index (χ4n) is 3.21. The van der Waals surface area contributed by atoms with Crippen molar-refractivity contribution >= 4 is 33.3 Å². The molecule has 0 saturated heterocycles. The summed E-state index contributed by atoms with van der Waals surface area (Å²) in [7, 11) is -1.22. The molecular formula is C19H30OSeSi. The minimum absolute atomic E-state index is 0.402. The molecule has 0 heterocycles. The van der Waals surface area contributed by atoms with Gasteiger partial charge >= 0.3 is 143 Å². The van der Waals surface area contributed by atoms with Crippen LogP contribution in [0.4, 0.5) is 0 Å². The summed E-state index contributed by atoms with van der Waals surface area (Å²) in [6, 6.07) is 10.9. The first-order valence-corrected chi connectivity index (χ1v) is 14.1. The van der Waals surface area contributed by atoms with Gasteiger partial charge in [0.25, 0.3) is 0 Å². The zero-order valence-corrected chi connectivity index (χ0v) is 17.2. The van der Waals surface area contributed by atoms with Crippen molar-refractivity contribution in [1.82, 2.24) is 0 Å². The molecule has 0 unspecified atom stereocenters. The van der Waals surface area contributed by atoms with E-state index in [0.717, 1.165) is 17.3 Å². The molecule has 1 aliphatic carbocycles. The summed E-state index contributed by atoms with van der Waals surface area (Å²) < 4.78 is 2.31. The number of unbranched alkanes of at least 4 members (excludes halogenated alkanes) is 2. The van der Waals surface area contributed by atoms with Crippen LogP contribution in [-0.2, 0) is 4.79 Å². The summed E-state index contributed by atoms with van der Waals surface area (Å²) in [5, 5.41) is 0. The SMILES string of the molecule is CCCCCC(=O)[C@@H]1C[C@H]1[C@H]([Se]c1ccccc1)[Si](C)(C)C. The van der Waals surface area contributed by atoms with Crippen LogP contribution in [0.1, 0.15) is 39.0 Å². The van der Waals surface area contributed by atoms with Crippen molar-refractivity contribution in [2.24, 2.45) is 11.8 Å². The van der Waals surface area contributed by atoms with Crippen LogP contribution in [0.15, 0.2) is 30.3 Å². The van der Waals surface area contributed by atoms with Crippen LogP contribution >= 0.6 is 0 Å². The minimum atomic E-state index is -1.22. The molecule has 0 radical (unpaired) electrons. The molecule has 1 aromatic carbocycles. The maximum absolute atomic E-state index is 12.4. The fraction of sp³-hybridized carbons (Fsp3) is 0.632. The molecule has 3 heteroatoms. The number of ketones is 1. The molecule has 1 nitrogen and oxygen atoms in total. The number of hydrogen-bond acceptors (Lipinski definition) is 1. The normalized spacial score (nSPS) is 22.4. The van der Waals surface area contributed by atoms with Crippen LogP contribution < -0.4 is 4.46 Å². The number of carbonyl (C=O) groups excluding carboxylic acids is 1. The third-order valence-electron chi connectivity index (χ3n) is 4.53. The second-order valence-corrected chi connectivity index (χ2v) is 16.5. The van der Waals surface area contributed by atoms with Crippen LogP contribution in [0.3, 0.4) is 0 Å².